The Morgan fingerprint density at radius 3 is 1.45 bits per heavy atom. The van der Waals surface area contributed by atoms with Crippen LogP contribution in [-0.2, 0) is 19.1 Å². The van der Waals surface area contributed by atoms with E-state index in [1.165, 1.54) is 13.8 Å². The molecule has 0 rings (SSSR count). The van der Waals surface area contributed by atoms with Gasteiger partial charge in [0.05, 0.1) is 0 Å². The second-order valence-corrected chi connectivity index (χ2v) is 4.45. The summed E-state index contributed by atoms with van der Waals surface area (Å²) in [6.07, 6.45) is 2.96. The van der Waals surface area contributed by atoms with Crippen LogP contribution in [0, 0.1) is 22.7 Å². The molecule has 0 fully saturated rings. The van der Waals surface area contributed by atoms with Crippen LogP contribution in [0.15, 0.2) is 0 Å². The van der Waals surface area contributed by atoms with Gasteiger partial charge in [0.2, 0.25) is 0 Å². The van der Waals surface area contributed by atoms with E-state index in [0.717, 1.165) is 25.7 Å². The maximum Gasteiger partial charge on any atom is 0.303 e. The predicted octanol–water partition coefficient (Wildman–Crippen LogP) is 2.24. The maximum absolute atomic E-state index is 10.7. The lowest BCUT2D eigenvalue weighted by atomic mass is 10.1. The van der Waals surface area contributed by atoms with Gasteiger partial charge in [-0.05, 0) is 25.7 Å². The lowest BCUT2D eigenvalue weighted by Crippen LogP contribution is -2.14. The molecule has 0 bridgehead atoms. The second kappa shape index (κ2) is 10.8. The van der Waals surface area contributed by atoms with Crippen LogP contribution in [0.3, 0.4) is 0 Å². The number of carbonyl (C=O) groups is 2. The molecule has 0 aliphatic carbocycles. The van der Waals surface area contributed by atoms with E-state index < -0.39 is 24.1 Å². The van der Waals surface area contributed by atoms with Crippen LogP contribution >= 0.6 is 0 Å². The van der Waals surface area contributed by atoms with Gasteiger partial charge in [0.25, 0.3) is 0 Å². The van der Waals surface area contributed by atoms with Gasteiger partial charge >= 0.3 is 11.9 Å². The molecule has 20 heavy (non-hydrogen) atoms. The van der Waals surface area contributed by atoms with Crippen molar-refractivity contribution in [1.29, 1.82) is 10.5 Å². The summed E-state index contributed by atoms with van der Waals surface area (Å²) in [4.78, 5) is 21.4. The molecule has 0 amide bonds. The normalized spacial score (nSPS) is 12.6. The number of hydrogen-bond donors (Lipinski definition) is 0. The zero-order valence-electron chi connectivity index (χ0n) is 11.9. The molecular weight excluding hydrogens is 260 g/mol. The fraction of sp³-hybridized carbons (Fsp3) is 0.714. The van der Waals surface area contributed by atoms with Crippen molar-refractivity contribution in [2.75, 3.05) is 0 Å². The lowest BCUT2D eigenvalue weighted by Gasteiger charge is -2.10. The maximum atomic E-state index is 10.7. The van der Waals surface area contributed by atoms with E-state index in [1.54, 1.807) is 0 Å². The highest BCUT2D eigenvalue weighted by molar-refractivity contribution is 5.66. The Bertz CT molecular complexity index is 357. The second-order valence-electron chi connectivity index (χ2n) is 4.45. The third-order valence-corrected chi connectivity index (χ3v) is 2.59. The van der Waals surface area contributed by atoms with Crippen LogP contribution in [-0.4, -0.2) is 24.1 Å². The zero-order valence-corrected chi connectivity index (χ0v) is 11.9. The molecule has 110 valence electrons. The molecule has 0 heterocycles. The summed E-state index contributed by atoms with van der Waals surface area (Å²) >= 11 is 0. The zero-order chi connectivity index (χ0) is 15.4. The molecule has 2 atom stereocenters. The first kappa shape index (κ1) is 17.9. The number of rotatable bonds is 9. The molecule has 0 spiro atoms. The average Bonchev–Trinajstić information content (AvgIpc) is 2.38. The monoisotopic (exact) mass is 280 g/mol. The van der Waals surface area contributed by atoms with E-state index in [1.807, 2.05) is 12.1 Å². The molecule has 6 nitrogen and oxygen atoms in total. The summed E-state index contributed by atoms with van der Waals surface area (Å²) in [5.74, 6) is -0.899. The van der Waals surface area contributed by atoms with E-state index in [9.17, 15) is 9.59 Å². The molecule has 0 radical (unpaired) electrons. The van der Waals surface area contributed by atoms with Crippen molar-refractivity contribution in [1.82, 2.24) is 0 Å². The number of esters is 2. The van der Waals surface area contributed by atoms with E-state index in [4.69, 9.17) is 20.0 Å². The molecule has 0 aromatic rings. The van der Waals surface area contributed by atoms with E-state index in [2.05, 4.69) is 0 Å². The van der Waals surface area contributed by atoms with Crippen molar-refractivity contribution in [2.24, 2.45) is 0 Å². The van der Waals surface area contributed by atoms with Gasteiger partial charge in [0.15, 0.2) is 12.2 Å². The lowest BCUT2D eigenvalue weighted by molar-refractivity contribution is -0.145. The highest BCUT2D eigenvalue weighted by atomic mass is 16.5. The Kier molecular flexibility index (Phi) is 9.68. The quantitative estimate of drug-likeness (QED) is 0.474. The number of hydrogen-bond acceptors (Lipinski definition) is 6. The fourth-order valence-electron chi connectivity index (χ4n) is 1.71. The highest BCUT2D eigenvalue weighted by Gasteiger charge is 2.11. The molecule has 0 aromatic heterocycles. The smallest absolute Gasteiger partial charge is 0.303 e. The van der Waals surface area contributed by atoms with Crippen molar-refractivity contribution < 1.29 is 19.1 Å². The van der Waals surface area contributed by atoms with Gasteiger partial charge in [0, 0.05) is 13.8 Å². The third kappa shape index (κ3) is 9.90. The fourth-order valence-corrected chi connectivity index (χ4v) is 1.71. The molecule has 2 unspecified atom stereocenters. The van der Waals surface area contributed by atoms with Gasteiger partial charge in [0.1, 0.15) is 12.1 Å². The molecule has 0 aliphatic heterocycles. The van der Waals surface area contributed by atoms with Crippen molar-refractivity contribution in [2.45, 2.75) is 64.6 Å². The summed E-state index contributed by atoms with van der Waals surface area (Å²) in [6, 6.07) is 3.86. The van der Waals surface area contributed by atoms with Gasteiger partial charge in [-0.3, -0.25) is 9.59 Å². The number of unbranched alkanes of at least 4 members (excludes halogenated alkanes) is 3. The van der Waals surface area contributed by atoms with Gasteiger partial charge in [-0.15, -0.1) is 0 Å². The van der Waals surface area contributed by atoms with E-state index in [-0.39, 0.29) is 0 Å². The van der Waals surface area contributed by atoms with Crippen LogP contribution in [0.4, 0.5) is 0 Å². The first-order valence-corrected chi connectivity index (χ1v) is 6.63. The molecule has 0 aliphatic rings. The first-order chi connectivity index (χ1) is 9.49. The Balaban J connectivity index is 3.66. The first-order valence-electron chi connectivity index (χ1n) is 6.63. The third-order valence-electron chi connectivity index (χ3n) is 2.59. The number of nitriles is 2. The van der Waals surface area contributed by atoms with Crippen LogP contribution < -0.4 is 0 Å². The minimum Gasteiger partial charge on any atom is -0.447 e. The van der Waals surface area contributed by atoms with Crippen molar-refractivity contribution >= 4 is 11.9 Å². The highest BCUT2D eigenvalue weighted by Crippen LogP contribution is 2.11. The van der Waals surface area contributed by atoms with E-state index >= 15 is 0 Å². The van der Waals surface area contributed by atoms with Crippen LogP contribution in [0.2, 0.25) is 0 Å². The molecular formula is C14H20N2O4. The summed E-state index contributed by atoms with van der Waals surface area (Å²) in [5, 5.41) is 17.5. The molecule has 0 aromatic carbocycles. The van der Waals surface area contributed by atoms with Crippen molar-refractivity contribution in [3.8, 4) is 12.1 Å². The molecule has 0 N–H and O–H groups in total. The van der Waals surface area contributed by atoms with Gasteiger partial charge in [-0.1, -0.05) is 12.8 Å². The summed E-state index contributed by atoms with van der Waals surface area (Å²) < 4.78 is 9.61. The largest absolute Gasteiger partial charge is 0.447 e. The number of ether oxygens (including phenoxy) is 2. The van der Waals surface area contributed by atoms with Crippen LogP contribution in [0.25, 0.3) is 0 Å². The summed E-state index contributed by atoms with van der Waals surface area (Å²) in [7, 11) is 0. The Hall–Kier alpha value is -2.08. The van der Waals surface area contributed by atoms with Crippen molar-refractivity contribution in [3.63, 3.8) is 0 Å². The van der Waals surface area contributed by atoms with Gasteiger partial charge in [-0.2, -0.15) is 10.5 Å². The standard InChI is InChI=1S/C14H20N2O4/c1-11(17)19-13(9-15)7-5-3-4-6-8-14(10-16)20-12(2)18/h13-14H,3-8H2,1-2H3. The average molecular weight is 280 g/mol. The number of carbonyl (C=O) groups excluding carboxylic acids is 2. The van der Waals surface area contributed by atoms with E-state index in [0.29, 0.717) is 12.8 Å². The summed E-state index contributed by atoms with van der Waals surface area (Å²) in [6.45, 7) is 2.56. The molecule has 0 saturated carbocycles. The van der Waals surface area contributed by atoms with Gasteiger partial charge < -0.3 is 9.47 Å². The SMILES string of the molecule is CC(=O)OC(C#N)CCCCCCC(C#N)OC(C)=O. The minimum atomic E-state index is -0.680. The predicted molar refractivity (Wildman–Crippen MR) is 70.0 cm³/mol. The Morgan fingerprint density at radius 1 is 0.850 bits per heavy atom. The van der Waals surface area contributed by atoms with Gasteiger partial charge in [-0.25, -0.2) is 0 Å². The van der Waals surface area contributed by atoms with Crippen LogP contribution in [0.1, 0.15) is 52.4 Å². The van der Waals surface area contributed by atoms with Crippen molar-refractivity contribution in [3.05, 3.63) is 0 Å². The minimum absolute atomic E-state index is 0.449. The molecule has 6 heteroatoms. The Morgan fingerprint density at radius 2 is 1.20 bits per heavy atom. The summed E-state index contributed by atoms with van der Waals surface area (Å²) in [5.41, 5.74) is 0. The molecule has 0 saturated heterocycles. The number of nitrogens with zero attached hydrogens (tertiary/aromatic N) is 2. The topological polar surface area (TPSA) is 100 Å². The van der Waals surface area contributed by atoms with Crippen LogP contribution in [0.5, 0.6) is 0 Å². The Labute approximate surface area is 119 Å².